The monoisotopic (exact) mass is 347 g/mol. The number of fused-ring (bicyclic) bond motifs is 1. The number of aromatic carboxylic acids is 1. The number of carboxylic acids is 1. The Morgan fingerprint density at radius 2 is 1.96 bits per heavy atom. The van der Waals surface area contributed by atoms with Crippen molar-refractivity contribution in [3.63, 3.8) is 0 Å². The van der Waals surface area contributed by atoms with Crippen LogP contribution in [-0.2, 0) is 0 Å². The lowest BCUT2D eigenvalue weighted by Gasteiger charge is -2.11. The molecule has 3 rings (SSSR count). The number of carbonyl (C=O) groups is 1. The summed E-state index contributed by atoms with van der Waals surface area (Å²) in [6.45, 7) is 5.47. The molecule has 2 N–H and O–H groups in total. The van der Waals surface area contributed by atoms with Gasteiger partial charge >= 0.3 is 5.97 Å². The number of carboxylic acid groups (broad SMARTS) is 1. The van der Waals surface area contributed by atoms with Crippen LogP contribution < -0.4 is 5.32 Å². The van der Waals surface area contributed by atoms with Crippen LogP contribution >= 0.6 is 22.9 Å². The lowest BCUT2D eigenvalue weighted by molar-refractivity contribution is 0.0701. The Balaban J connectivity index is 2.20. The number of hydrogen-bond acceptors (Lipinski definition) is 5. The minimum absolute atomic E-state index is 0.283. The van der Waals surface area contributed by atoms with Gasteiger partial charge in [0.1, 0.15) is 21.3 Å². The lowest BCUT2D eigenvalue weighted by Crippen LogP contribution is -2.00. The first kappa shape index (κ1) is 15.7. The third-order valence-corrected chi connectivity index (χ3v) is 5.20. The highest BCUT2D eigenvalue weighted by molar-refractivity contribution is 7.20. The van der Waals surface area contributed by atoms with Gasteiger partial charge in [-0.15, -0.1) is 11.3 Å². The summed E-state index contributed by atoms with van der Waals surface area (Å²) in [7, 11) is 0. The maximum atomic E-state index is 11.4. The van der Waals surface area contributed by atoms with Gasteiger partial charge in [0.2, 0.25) is 0 Å². The molecule has 0 saturated heterocycles. The van der Waals surface area contributed by atoms with Crippen LogP contribution in [0.2, 0.25) is 5.02 Å². The van der Waals surface area contributed by atoms with Crippen molar-refractivity contribution >= 4 is 50.6 Å². The molecule has 0 fully saturated rings. The molecule has 1 aromatic carbocycles. The number of rotatable bonds is 3. The SMILES string of the molecule is Cc1nc(Nc2cccc(Cl)c2C)c2c(C)c(C(=O)O)sc2n1. The van der Waals surface area contributed by atoms with Crippen molar-refractivity contribution in [1.29, 1.82) is 0 Å². The van der Waals surface area contributed by atoms with Gasteiger partial charge in [-0.25, -0.2) is 14.8 Å². The summed E-state index contributed by atoms with van der Waals surface area (Å²) in [6, 6.07) is 5.58. The molecule has 23 heavy (non-hydrogen) atoms. The van der Waals surface area contributed by atoms with Gasteiger partial charge < -0.3 is 10.4 Å². The fourth-order valence-electron chi connectivity index (χ4n) is 2.41. The number of anilines is 2. The van der Waals surface area contributed by atoms with Gasteiger partial charge in [0.25, 0.3) is 0 Å². The predicted molar refractivity (Wildman–Crippen MR) is 93.3 cm³/mol. The van der Waals surface area contributed by atoms with Crippen LogP contribution in [0.3, 0.4) is 0 Å². The Morgan fingerprint density at radius 1 is 1.22 bits per heavy atom. The van der Waals surface area contributed by atoms with Crippen molar-refractivity contribution in [3.05, 3.63) is 45.1 Å². The molecule has 0 bridgehead atoms. The zero-order chi connectivity index (χ0) is 16.7. The first-order chi connectivity index (χ1) is 10.9. The highest BCUT2D eigenvalue weighted by Crippen LogP contribution is 2.36. The molecule has 2 aromatic heterocycles. The summed E-state index contributed by atoms with van der Waals surface area (Å²) < 4.78 is 0. The van der Waals surface area contributed by atoms with Crippen LogP contribution in [-0.4, -0.2) is 21.0 Å². The maximum absolute atomic E-state index is 11.4. The van der Waals surface area contributed by atoms with Crippen molar-refractivity contribution < 1.29 is 9.90 Å². The second-order valence-electron chi connectivity index (χ2n) is 5.20. The summed E-state index contributed by atoms with van der Waals surface area (Å²) in [4.78, 5) is 21.1. The molecular weight excluding hydrogens is 334 g/mol. The third kappa shape index (κ3) is 2.75. The quantitative estimate of drug-likeness (QED) is 0.717. The van der Waals surface area contributed by atoms with E-state index in [-0.39, 0.29) is 4.88 Å². The van der Waals surface area contributed by atoms with E-state index in [1.54, 1.807) is 13.8 Å². The zero-order valence-corrected chi connectivity index (χ0v) is 14.3. The number of aryl methyl sites for hydroxylation is 2. The second kappa shape index (κ2) is 5.79. The normalized spacial score (nSPS) is 11.0. The number of halogens is 1. The highest BCUT2D eigenvalue weighted by Gasteiger charge is 2.20. The Kier molecular flexibility index (Phi) is 3.95. The Bertz CT molecular complexity index is 937. The lowest BCUT2D eigenvalue weighted by atomic mass is 10.1. The number of thiophene rings is 1. The van der Waals surface area contributed by atoms with Gasteiger partial charge in [-0.1, -0.05) is 17.7 Å². The number of benzene rings is 1. The second-order valence-corrected chi connectivity index (χ2v) is 6.60. The van der Waals surface area contributed by atoms with E-state index in [1.165, 1.54) is 0 Å². The van der Waals surface area contributed by atoms with Crippen molar-refractivity contribution in [1.82, 2.24) is 9.97 Å². The zero-order valence-electron chi connectivity index (χ0n) is 12.8. The molecule has 0 saturated carbocycles. The van der Waals surface area contributed by atoms with E-state index < -0.39 is 5.97 Å². The van der Waals surface area contributed by atoms with Crippen LogP contribution in [0.5, 0.6) is 0 Å². The fraction of sp³-hybridized carbons (Fsp3) is 0.188. The van der Waals surface area contributed by atoms with Gasteiger partial charge in [-0.05, 0) is 44.0 Å². The van der Waals surface area contributed by atoms with Gasteiger partial charge in [0.15, 0.2) is 0 Å². The molecule has 0 aliphatic heterocycles. The molecule has 2 heterocycles. The Hall–Kier alpha value is -2.18. The van der Waals surface area contributed by atoms with E-state index in [0.717, 1.165) is 28.0 Å². The van der Waals surface area contributed by atoms with Crippen LogP contribution in [0, 0.1) is 20.8 Å². The Morgan fingerprint density at radius 3 is 2.65 bits per heavy atom. The third-order valence-electron chi connectivity index (χ3n) is 3.62. The highest BCUT2D eigenvalue weighted by atomic mass is 35.5. The first-order valence-electron chi connectivity index (χ1n) is 6.91. The molecule has 0 aliphatic rings. The van der Waals surface area contributed by atoms with E-state index in [9.17, 15) is 9.90 Å². The number of nitrogens with zero attached hydrogens (tertiary/aromatic N) is 2. The molecule has 0 amide bonds. The topological polar surface area (TPSA) is 75.1 Å². The molecular formula is C16H14ClN3O2S. The summed E-state index contributed by atoms with van der Waals surface area (Å²) >= 11 is 7.32. The molecule has 0 atom stereocenters. The van der Waals surface area contributed by atoms with E-state index in [4.69, 9.17) is 11.6 Å². The number of hydrogen-bond donors (Lipinski definition) is 2. The van der Waals surface area contributed by atoms with E-state index in [1.807, 2.05) is 25.1 Å². The van der Waals surface area contributed by atoms with E-state index >= 15 is 0 Å². The van der Waals surface area contributed by atoms with Crippen LogP contribution in [0.1, 0.15) is 26.6 Å². The van der Waals surface area contributed by atoms with Gasteiger partial charge in [0.05, 0.1) is 5.39 Å². The number of nitrogens with one attached hydrogen (secondary N) is 1. The average Bonchev–Trinajstić information content (AvgIpc) is 2.81. The molecule has 0 radical (unpaired) electrons. The van der Waals surface area contributed by atoms with Gasteiger partial charge in [0, 0.05) is 10.7 Å². The van der Waals surface area contributed by atoms with Gasteiger partial charge in [-0.3, -0.25) is 0 Å². The van der Waals surface area contributed by atoms with Crippen LogP contribution in [0.4, 0.5) is 11.5 Å². The average molecular weight is 348 g/mol. The fourth-order valence-corrected chi connectivity index (χ4v) is 3.65. The molecule has 0 spiro atoms. The van der Waals surface area contributed by atoms with Gasteiger partial charge in [-0.2, -0.15) is 0 Å². The molecule has 118 valence electrons. The first-order valence-corrected chi connectivity index (χ1v) is 8.11. The smallest absolute Gasteiger partial charge is 0.346 e. The van der Waals surface area contributed by atoms with E-state index in [2.05, 4.69) is 15.3 Å². The minimum atomic E-state index is -0.951. The molecule has 3 aromatic rings. The standard InChI is InChI=1S/C16H14ClN3O2S/c1-7-10(17)5-4-6-11(7)20-14-12-8(2)13(16(21)22)23-15(12)19-9(3)18-14/h4-6H,1-3H3,(H,21,22)(H,18,19,20). The summed E-state index contributed by atoms with van der Waals surface area (Å²) in [6.07, 6.45) is 0. The minimum Gasteiger partial charge on any atom is -0.477 e. The molecule has 0 unspecified atom stereocenters. The van der Waals surface area contributed by atoms with E-state index in [0.29, 0.717) is 27.1 Å². The van der Waals surface area contributed by atoms with Crippen molar-refractivity contribution in [2.24, 2.45) is 0 Å². The number of aromatic nitrogens is 2. The van der Waals surface area contributed by atoms with Crippen LogP contribution in [0.15, 0.2) is 18.2 Å². The summed E-state index contributed by atoms with van der Waals surface area (Å²) in [5.74, 6) is 0.227. The summed E-state index contributed by atoms with van der Waals surface area (Å²) in [5.41, 5.74) is 2.41. The van der Waals surface area contributed by atoms with Crippen molar-refractivity contribution in [2.45, 2.75) is 20.8 Å². The molecule has 7 heteroatoms. The van der Waals surface area contributed by atoms with Crippen molar-refractivity contribution in [2.75, 3.05) is 5.32 Å². The summed E-state index contributed by atoms with van der Waals surface area (Å²) in [5, 5.41) is 14.0. The molecule has 0 aliphatic carbocycles. The predicted octanol–water partition coefficient (Wildman–Crippen LogP) is 4.71. The molecule has 5 nitrogen and oxygen atoms in total. The van der Waals surface area contributed by atoms with Crippen molar-refractivity contribution in [3.8, 4) is 0 Å². The van der Waals surface area contributed by atoms with Crippen LogP contribution in [0.25, 0.3) is 10.2 Å². The largest absolute Gasteiger partial charge is 0.477 e. The maximum Gasteiger partial charge on any atom is 0.346 e. The Labute approximate surface area is 142 Å².